The SMILES string of the molecule is C=CCNC(=NC)NCCOc1cccc2ccccc12.I. The Kier molecular flexibility index (Phi) is 8.35. The zero-order chi connectivity index (χ0) is 14.9. The predicted octanol–water partition coefficient (Wildman–Crippen LogP) is 3.19. The monoisotopic (exact) mass is 411 g/mol. The summed E-state index contributed by atoms with van der Waals surface area (Å²) in [6, 6.07) is 14.3. The fourth-order valence-electron chi connectivity index (χ4n) is 2.04. The highest BCUT2D eigenvalue weighted by Crippen LogP contribution is 2.24. The van der Waals surface area contributed by atoms with Crippen LogP contribution in [0.5, 0.6) is 5.75 Å². The van der Waals surface area contributed by atoms with Gasteiger partial charge in [-0.25, -0.2) is 0 Å². The van der Waals surface area contributed by atoms with E-state index in [1.165, 1.54) is 5.39 Å². The van der Waals surface area contributed by atoms with Gasteiger partial charge in [0, 0.05) is 19.0 Å². The second-order valence-corrected chi connectivity index (χ2v) is 4.49. The number of aliphatic imine (C=N–C) groups is 1. The van der Waals surface area contributed by atoms with E-state index in [9.17, 15) is 0 Å². The number of rotatable bonds is 6. The number of benzene rings is 2. The molecule has 2 aromatic rings. The number of nitrogens with zero attached hydrogens (tertiary/aromatic N) is 1. The van der Waals surface area contributed by atoms with Crippen molar-refractivity contribution in [1.82, 2.24) is 10.6 Å². The van der Waals surface area contributed by atoms with Crippen molar-refractivity contribution in [2.75, 3.05) is 26.7 Å². The number of halogens is 1. The first kappa shape index (κ1) is 18.3. The molecule has 2 rings (SSSR count). The van der Waals surface area contributed by atoms with Crippen molar-refractivity contribution in [2.45, 2.75) is 0 Å². The molecule has 0 aliphatic carbocycles. The molecular formula is C17H22IN3O. The van der Waals surface area contributed by atoms with Gasteiger partial charge in [-0.05, 0) is 11.5 Å². The number of hydrogen-bond acceptors (Lipinski definition) is 2. The van der Waals surface area contributed by atoms with Gasteiger partial charge >= 0.3 is 0 Å². The van der Waals surface area contributed by atoms with Gasteiger partial charge in [0.2, 0.25) is 0 Å². The van der Waals surface area contributed by atoms with Gasteiger partial charge in [0.05, 0.1) is 6.54 Å². The second kappa shape index (κ2) is 10.0. The van der Waals surface area contributed by atoms with Crippen LogP contribution < -0.4 is 15.4 Å². The lowest BCUT2D eigenvalue weighted by Crippen LogP contribution is -2.39. The quantitative estimate of drug-likeness (QED) is 0.252. The minimum atomic E-state index is 0. The Bertz CT molecular complexity index is 623. The summed E-state index contributed by atoms with van der Waals surface area (Å²) in [6.45, 7) is 5.60. The first-order chi connectivity index (χ1) is 10.3. The Labute approximate surface area is 148 Å². The van der Waals surface area contributed by atoms with Crippen LogP contribution in [0, 0.1) is 0 Å². The summed E-state index contributed by atoms with van der Waals surface area (Å²) in [7, 11) is 1.74. The average Bonchev–Trinajstić information content (AvgIpc) is 2.54. The molecule has 0 aromatic heterocycles. The summed E-state index contributed by atoms with van der Waals surface area (Å²) >= 11 is 0. The standard InChI is InChI=1S/C17H21N3O.HI/c1-3-11-19-17(18-2)20-12-13-21-16-10-6-8-14-7-4-5-9-15(14)16;/h3-10H,1,11-13H2,2H3,(H2,18,19,20);1H. The molecule has 0 aliphatic rings. The van der Waals surface area contributed by atoms with Gasteiger partial charge in [0.1, 0.15) is 12.4 Å². The largest absolute Gasteiger partial charge is 0.491 e. The zero-order valence-corrected chi connectivity index (χ0v) is 15.0. The third-order valence-corrected chi connectivity index (χ3v) is 3.04. The molecule has 0 bridgehead atoms. The maximum atomic E-state index is 5.85. The molecule has 0 unspecified atom stereocenters. The summed E-state index contributed by atoms with van der Waals surface area (Å²) in [5.74, 6) is 1.65. The van der Waals surface area contributed by atoms with Gasteiger partial charge in [0.15, 0.2) is 5.96 Å². The molecule has 0 heterocycles. The lowest BCUT2D eigenvalue weighted by Gasteiger charge is -2.12. The van der Waals surface area contributed by atoms with E-state index in [-0.39, 0.29) is 24.0 Å². The second-order valence-electron chi connectivity index (χ2n) is 4.49. The summed E-state index contributed by atoms with van der Waals surface area (Å²) in [4.78, 5) is 4.11. The van der Waals surface area contributed by atoms with Crippen molar-refractivity contribution in [1.29, 1.82) is 0 Å². The Balaban J connectivity index is 0.00000242. The zero-order valence-electron chi connectivity index (χ0n) is 12.7. The van der Waals surface area contributed by atoms with Crippen molar-refractivity contribution in [3.05, 3.63) is 55.1 Å². The third-order valence-electron chi connectivity index (χ3n) is 3.04. The fourth-order valence-corrected chi connectivity index (χ4v) is 2.04. The van der Waals surface area contributed by atoms with Crippen LogP contribution in [-0.2, 0) is 0 Å². The van der Waals surface area contributed by atoms with Crippen molar-refractivity contribution in [2.24, 2.45) is 4.99 Å². The number of fused-ring (bicyclic) bond motifs is 1. The topological polar surface area (TPSA) is 45.7 Å². The first-order valence-corrected chi connectivity index (χ1v) is 7.01. The normalized spacial score (nSPS) is 10.7. The van der Waals surface area contributed by atoms with Crippen molar-refractivity contribution < 1.29 is 4.74 Å². The molecule has 0 spiro atoms. The molecule has 0 saturated heterocycles. The van der Waals surface area contributed by atoms with Crippen LogP contribution in [0.3, 0.4) is 0 Å². The molecule has 0 radical (unpaired) electrons. The molecular weight excluding hydrogens is 389 g/mol. The van der Waals surface area contributed by atoms with Gasteiger partial charge in [-0.15, -0.1) is 30.6 Å². The highest BCUT2D eigenvalue weighted by Gasteiger charge is 2.01. The van der Waals surface area contributed by atoms with Crippen molar-refractivity contribution in [3.63, 3.8) is 0 Å². The molecule has 0 saturated carbocycles. The number of ether oxygens (including phenoxy) is 1. The molecule has 4 nitrogen and oxygen atoms in total. The molecule has 2 N–H and O–H groups in total. The number of guanidine groups is 1. The van der Waals surface area contributed by atoms with Crippen LogP contribution in [0.25, 0.3) is 10.8 Å². The minimum Gasteiger partial charge on any atom is -0.491 e. The molecule has 22 heavy (non-hydrogen) atoms. The fraction of sp³-hybridized carbons (Fsp3) is 0.235. The minimum absolute atomic E-state index is 0. The molecule has 118 valence electrons. The molecule has 0 atom stereocenters. The van der Waals surface area contributed by atoms with Gasteiger partial charge in [-0.3, -0.25) is 4.99 Å². The summed E-state index contributed by atoms with van der Waals surface area (Å²) in [5, 5.41) is 8.62. The number of nitrogens with one attached hydrogen (secondary N) is 2. The van der Waals surface area contributed by atoms with E-state index < -0.39 is 0 Å². The molecule has 5 heteroatoms. The van der Waals surface area contributed by atoms with E-state index in [0.717, 1.165) is 17.1 Å². The Hall–Kier alpha value is -1.76. The van der Waals surface area contributed by atoms with E-state index in [0.29, 0.717) is 19.7 Å². The lowest BCUT2D eigenvalue weighted by molar-refractivity contribution is 0.325. The highest BCUT2D eigenvalue weighted by atomic mass is 127. The summed E-state index contributed by atoms with van der Waals surface area (Å²) < 4.78 is 5.85. The Morgan fingerprint density at radius 2 is 1.95 bits per heavy atom. The van der Waals surface area contributed by atoms with Gasteiger partial charge in [-0.2, -0.15) is 0 Å². The lowest BCUT2D eigenvalue weighted by atomic mass is 10.1. The Morgan fingerprint density at radius 3 is 2.73 bits per heavy atom. The van der Waals surface area contributed by atoms with Crippen molar-refractivity contribution >= 4 is 40.7 Å². The number of hydrogen-bond donors (Lipinski definition) is 2. The van der Waals surface area contributed by atoms with E-state index in [1.54, 1.807) is 13.1 Å². The van der Waals surface area contributed by atoms with Crippen LogP contribution in [0.15, 0.2) is 60.1 Å². The van der Waals surface area contributed by atoms with E-state index >= 15 is 0 Å². The summed E-state index contributed by atoms with van der Waals surface area (Å²) in [5.41, 5.74) is 0. The van der Waals surface area contributed by atoms with Crippen molar-refractivity contribution in [3.8, 4) is 5.75 Å². The molecule has 0 aliphatic heterocycles. The van der Waals surface area contributed by atoms with Gasteiger partial charge in [0.25, 0.3) is 0 Å². The molecule has 0 fully saturated rings. The van der Waals surface area contributed by atoms with E-state index in [1.807, 2.05) is 24.3 Å². The molecule has 0 amide bonds. The smallest absolute Gasteiger partial charge is 0.191 e. The maximum Gasteiger partial charge on any atom is 0.191 e. The summed E-state index contributed by atoms with van der Waals surface area (Å²) in [6.07, 6.45) is 1.79. The van der Waals surface area contributed by atoms with Crippen LogP contribution >= 0.6 is 24.0 Å². The average molecular weight is 411 g/mol. The Morgan fingerprint density at radius 1 is 1.18 bits per heavy atom. The van der Waals surface area contributed by atoms with Crippen LogP contribution in [0.2, 0.25) is 0 Å². The molecule has 2 aromatic carbocycles. The van der Waals surface area contributed by atoms with E-state index in [4.69, 9.17) is 4.74 Å². The van der Waals surface area contributed by atoms with Crippen LogP contribution in [-0.4, -0.2) is 32.7 Å². The predicted molar refractivity (Wildman–Crippen MR) is 104 cm³/mol. The third kappa shape index (κ3) is 5.22. The van der Waals surface area contributed by atoms with Gasteiger partial charge < -0.3 is 15.4 Å². The van der Waals surface area contributed by atoms with Crippen LogP contribution in [0.4, 0.5) is 0 Å². The van der Waals surface area contributed by atoms with Gasteiger partial charge in [-0.1, -0.05) is 42.5 Å². The highest BCUT2D eigenvalue weighted by molar-refractivity contribution is 14.0. The first-order valence-electron chi connectivity index (χ1n) is 7.01. The maximum absolute atomic E-state index is 5.85. The van der Waals surface area contributed by atoms with Crippen LogP contribution in [0.1, 0.15) is 0 Å². The van der Waals surface area contributed by atoms with E-state index in [2.05, 4.69) is 40.4 Å².